The zero-order valence-corrected chi connectivity index (χ0v) is 11.0. The molecule has 1 aliphatic rings. The Morgan fingerprint density at radius 1 is 1.32 bits per heavy atom. The number of pyridine rings is 1. The third kappa shape index (κ3) is 2.31. The average molecular weight is 259 g/mol. The molecule has 0 saturated carbocycles. The van der Waals surface area contributed by atoms with Crippen LogP contribution >= 0.6 is 0 Å². The van der Waals surface area contributed by atoms with Crippen molar-refractivity contribution in [3.05, 3.63) is 35.5 Å². The minimum Gasteiger partial charge on any atom is -0.392 e. The molecule has 0 fully saturated rings. The van der Waals surface area contributed by atoms with Gasteiger partial charge in [-0.05, 0) is 24.1 Å². The standard InChI is InChI=1S/C13H17N5O/c1-2-11-5-10(8-19)6-12(15-11)17-3-4-18-9-14-16-13(18)7-17/h5-6,9,19H,2-4,7-8H2,1H3. The van der Waals surface area contributed by atoms with Crippen molar-refractivity contribution in [1.29, 1.82) is 0 Å². The summed E-state index contributed by atoms with van der Waals surface area (Å²) in [5, 5.41) is 17.4. The molecule has 3 rings (SSSR count). The van der Waals surface area contributed by atoms with E-state index in [-0.39, 0.29) is 6.61 Å². The lowest BCUT2D eigenvalue weighted by molar-refractivity contribution is 0.281. The first-order chi connectivity index (χ1) is 9.30. The number of rotatable bonds is 3. The molecule has 0 aliphatic carbocycles. The van der Waals surface area contributed by atoms with Crippen LogP contribution in [0.2, 0.25) is 0 Å². The normalized spacial score (nSPS) is 14.5. The number of aryl methyl sites for hydroxylation is 1. The number of aromatic nitrogens is 4. The van der Waals surface area contributed by atoms with Crippen LogP contribution in [0, 0.1) is 0 Å². The third-order valence-electron chi connectivity index (χ3n) is 3.43. The quantitative estimate of drug-likeness (QED) is 0.881. The summed E-state index contributed by atoms with van der Waals surface area (Å²) >= 11 is 0. The fourth-order valence-electron chi connectivity index (χ4n) is 2.33. The molecule has 6 heteroatoms. The Kier molecular flexibility index (Phi) is 3.16. The molecule has 3 heterocycles. The summed E-state index contributed by atoms with van der Waals surface area (Å²) in [5.41, 5.74) is 1.92. The van der Waals surface area contributed by atoms with Gasteiger partial charge in [-0.2, -0.15) is 0 Å². The van der Waals surface area contributed by atoms with Crippen LogP contribution in [0.25, 0.3) is 0 Å². The molecule has 1 N–H and O–H groups in total. The van der Waals surface area contributed by atoms with Crippen molar-refractivity contribution in [2.75, 3.05) is 11.4 Å². The summed E-state index contributed by atoms with van der Waals surface area (Å²) < 4.78 is 2.06. The summed E-state index contributed by atoms with van der Waals surface area (Å²) in [6.45, 7) is 4.59. The van der Waals surface area contributed by atoms with E-state index in [1.165, 1.54) is 0 Å². The maximum absolute atomic E-state index is 9.33. The molecule has 0 amide bonds. The van der Waals surface area contributed by atoms with Gasteiger partial charge in [-0.1, -0.05) is 6.92 Å². The fourth-order valence-corrected chi connectivity index (χ4v) is 2.33. The van der Waals surface area contributed by atoms with Crippen LogP contribution in [-0.2, 0) is 26.1 Å². The number of aliphatic hydroxyl groups excluding tert-OH is 1. The van der Waals surface area contributed by atoms with Crippen molar-refractivity contribution in [3.63, 3.8) is 0 Å². The topological polar surface area (TPSA) is 67.1 Å². The minimum atomic E-state index is 0.0482. The second-order valence-electron chi connectivity index (χ2n) is 4.70. The van der Waals surface area contributed by atoms with E-state index >= 15 is 0 Å². The Labute approximate surface area is 111 Å². The highest BCUT2D eigenvalue weighted by Crippen LogP contribution is 2.20. The lowest BCUT2D eigenvalue weighted by Crippen LogP contribution is -2.34. The SMILES string of the molecule is CCc1cc(CO)cc(N2CCn3cnnc3C2)n1. The molecule has 0 spiro atoms. The van der Waals surface area contributed by atoms with Crippen molar-refractivity contribution in [2.24, 2.45) is 0 Å². The van der Waals surface area contributed by atoms with Gasteiger partial charge in [-0.3, -0.25) is 0 Å². The monoisotopic (exact) mass is 259 g/mol. The highest BCUT2D eigenvalue weighted by atomic mass is 16.3. The molecule has 0 unspecified atom stereocenters. The summed E-state index contributed by atoms with van der Waals surface area (Å²) in [7, 11) is 0. The van der Waals surface area contributed by atoms with Crippen LogP contribution in [0.5, 0.6) is 0 Å². The van der Waals surface area contributed by atoms with Crippen molar-refractivity contribution in [2.45, 2.75) is 33.0 Å². The number of hydrogen-bond acceptors (Lipinski definition) is 5. The first kappa shape index (κ1) is 12.1. The van der Waals surface area contributed by atoms with Crippen LogP contribution in [0.3, 0.4) is 0 Å². The van der Waals surface area contributed by atoms with Gasteiger partial charge < -0.3 is 14.6 Å². The van der Waals surface area contributed by atoms with E-state index in [1.54, 1.807) is 6.33 Å². The summed E-state index contributed by atoms with van der Waals surface area (Å²) in [5.74, 6) is 1.87. The first-order valence-electron chi connectivity index (χ1n) is 6.52. The zero-order valence-electron chi connectivity index (χ0n) is 11.0. The molecule has 0 bridgehead atoms. The number of aliphatic hydroxyl groups is 1. The highest BCUT2D eigenvalue weighted by molar-refractivity contribution is 5.43. The molecule has 0 aromatic carbocycles. The average Bonchev–Trinajstić information content (AvgIpc) is 2.94. The van der Waals surface area contributed by atoms with Crippen molar-refractivity contribution >= 4 is 5.82 Å². The maximum Gasteiger partial charge on any atom is 0.152 e. The van der Waals surface area contributed by atoms with E-state index in [1.807, 2.05) is 12.1 Å². The van der Waals surface area contributed by atoms with Gasteiger partial charge in [0.1, 0.15) is 12.1 Å². The molecular weight excluding hydrogens is 242 g/mol. The fraction of sp³-hybridized carbons (Fsp3) is 0.462. The Balaban J connectivity index is 1.90. The van der Waals surface area contributed by atoms with Crippen LogP contribution in [-0.4, -0.2) is 31.4 Å². The van der Waals surface area contributed by atoms with Crippen molar-refractivity contribution < 1.29 is 5.11 Å². The Bertz CT molecular complexity index is 558. The van der Waals surface area contributed by atoms with Gasteiger partial charge in [-0.25, -0.2) is 4.98 Å². The molecule has 1 aliphatic heterocycles. The number of fused-ring (bicyclic) bond motifs is 1. The smallest absolute Gasteiger partial charge is 0.152 e. The first-order valence-corrected chi connectivity index (χ1v) is 6.52. The maximum atomic E-state index is 9.33. The molecule has 19 heavy (non-hydrogen) atoms. The minimum absolute atomic E-state index is 0.0482. The molecule has 0 radical (unpaired) electrons. The van der Waals surface area contributed by atoms with Gasteiger partial charge >= 0.3 is 0 Å². The van der Waals surface area contributed by atoms with E-state index in [0.29, 0.717) is 6.54 Å². The van der Waals surface area contributed by atoms with Gasteiger partial charge in [0.2, 0.25) is 0 Å². The predicted octanol–water partition coefficient (Wildman–Crippen LogP) is 0.748. The Morgan fingerprint density at radius 3 is 3.00 bits per heavy atom. The van der Waals surface area contributed by atoms with Gasteiger partial charge in [0.15, 0.2) is 5.82 Å². The Hall–Kier alpha value is -1.95. The largest absolute Gasteiger partial charge is 0.392 e. The van der Waals surface area contributed by atoms with Gasteiger partial charge in [0, 0.05) is 18.8 Å². The summed E-state index contributed by atoms with van der Waals surface area (Å²) in [6.07, 6.45) is 2.63. The summed E-state index contributed by atoms with van der Waals surface area (Å²) in [4.78, 5) is 6.82. The number of hydrogen-bond donors (Lipinski definition) is 1. The van der Waals surface area contributed by atoms with E-state index in [4.69, 9.17) is 0 Å². The van der Waals surface area contributed by atoms with Crippen LogP contribution < -0.4 is 4.90 Å². The molecule has 2 aromatic rings. The second kappa shape index (κ2) is 4.97. The highest BCUT2D eigenvalue weighted by Gasteiger charge is 2.19. The van der Waals surface area contributed by atoms with Gasteiger partial charge in [0.05, 0.1) is 13.2 Å². The summed E-state index contributed by atoms with van der Waals surface area (Å²) in [6, 6.07) is 3.90. The van der Waals surface area contributed by atoms with Crippen LogP contribution in [0.4, 0.5) is 5.82 Å². The van der Waals surface area contributed by atoms with Crippen LogP contribution in [0.1, 0.15) is 24.0 Å². The molecule has 2 aromatic heterocycles. The Morgan fingerprint density at radius 2 is 2.21 bits per heavy atom. The number of anilines is 1. The molecule has 0 atom stereocenters. The predicted molar refractivity (Wildman–Crippen MR) is 70.6 cm³/mol. The lowest BCUT2D eigenvalue weighted by Gasteiger charge is -2.28. The molecule has 6 nitrogen and oxygen atoms in total. The third-order valence-corrected chi connectivity index (χ3v) is 3.43. The molecule has 0 saturated heterocycles. The van der Waals surface area contributed by atoms with Crippen molar-refractivity contribution in [1.82, 2.24) is 19.7 Å². The van der Waals surface area contributed by atoms with E-state index in [0.717, 1.165) is 42.4 Å². The molecular formula is C13H17N5O. The lowest BCUT2D eigenvalue weighted by atomic mass is 10.2. The van der Waals surface area contributed by atoms with Gasteiger partial charge in [0.25, 0.3) is 0 Å². The second-order valence-corrected chi connectivity index (χ2v) is 4.70. The zero-order chi connectivity index (χ0) is 13.2. The van der Waals surface area contributed by atoms with Crippen molar-refractivity contribution in [3.8, 4) is 0 Å². The van der Waals surface area contributed by atoms with Gasteiger partial charge in [-0.15, -0.1) is 10.2 Å². The van der Waals surface area contributed by atoms with E-state index in [9.17, 15) is 5.11 Å². The molecule has 100 valence electrons. The van der Waals surface area contributed by atoms with Crippen LogP contribution in [0.15, 0.2) is 18.5 Å². The van der Waals surface area contributed by atoms with E-state index < -0.39 is 0 Å². The number of nitrogens with zero attached hydrogens (tertiary/aromatic N) is 5. The van der Waals surface area contributed by atoms with E-state index in [2.05, 4.69) is 31.6 Å².